The molecule has 0 atom stereocenters. The van der Waals surface area contributed by atoms with Crippen LogP contribution in [0.5, 0.6) is 0 Å². The third kappa shape index (κ3) is 3.46. The highest BCUT2D eigenvalue weighted by molar-refractivity contribution is 8.18. The number of aliphatic carboxylic acids is 1. The summed E-state index contributed by atoms with van der Waals surface area (Å²) in [6.45, 7) is -0.638. The summed E-state index contributed by atoms with van der Waals surface area (Å²) < 4.78 is 0. The Hall–Kier alpha value is -1.58. The molecule has 2 amide bonds. The summed E-state index contributed by atoms with van der Waals surface area (Å²) in [5, 5.41) is 9.98. The second-order valence-corrected chi connectivity index (χ2v) is 5.16. The zero-order valence-electron chi connectivity index (χ0n) is 9.23. The molecule has 7 nitrogen and oxygen atoms in total. The number of carbonyl (C=O) groups excluding carboxylic acids is 2. The third-order valence-electron chi connectivity index (χ3n) is 1.99. The molecular formula is C9H8ClN3O4S2. The minimum Gasteiger partial charge on any atom is -0.480 e. The number of thioether (sulfide) groups is 1. The van der Waals surface area contributed by atoms with Crippen LogP contribution in [0.1, 0.15) is 5.69 Å². The number of carbonyl (C=O) groups is 3. The van der Waals surface area contributed by atoms with Crippen molar-refractivity contribution in [1.82, 2.24) is 9.88 Å². The number of nitrogen functional groups attached to an aromatic ring is 1. The van der Waals surface area contributed by atoms with Gasteiger partial charge in [0.05, 0.1) is 10.6 Å². The summed E-state index contributed by atoms with van der Waals surface area (Å²) in [6.07, 6.45) is 1.42. The first-order valence-electron chi connectivity index (χ1n) is 4.65. The predicted molar refractivity (Wildman–Crippen MR) is 74.1 cm³/mol. The van der Waals surface area contributed by atoms with Crippen molar-refractivity contribution in [2.45, 2.75) is 0 Å². The monoisotopic (exact) mass is 321 g/mol. The Morgan fingerprint density at radius 3 is 2.74 bits per heavy atom. The van der Waals surface area contributed by atoms with E-state index in [-0.39, 0.29) is 17.3 Å². The molecule has 2 rings (SSSR count). The molecule has 19 heavy (non-hydrogen) atoms. The standard InChI is InChI=1S/C9H7N3O4S2.ClH/c10-8-11-4(3-17-8)1-5-7(15)12(2-6(13)14)9(16)18-5;/h1,3H,2H2,(H2,10,11)(H,13,14);1H/b5-1-;. The van der Waals surface area contributed by atoms with Gasteiger partial charge in [0.1, 0.15) is 6.54 Å². The van der Waals surface area contributed by atoms with E-state index in [1.54, 1.807) is 5.38 Å². The topological polar surface area (TPSA) is 114 Å². The average Bonchev–Trinajstić information content (AvgIpc) is 2.78. The molecule has 1 fully saturated rings. The highest BCUT2D eigenvalue weighted by atomic mass is 35.5. The maximum atomic E-state index is 11.8. The number of carboxylic acid groups (broad SMARTS) is 1. The van der Waals surface area contributed by atoms with Crippen molar-refractivity contribution in [2.24, 2.45) is 0 Å². The smallest absolute Gasteiger partial charge is 0.323 e. The molecule has 3 N–H and O–H groups in total. The van der Waals surface area contributed by atoms with E-state index >= 15 is 0 Å². The minimum absolute atomic E-state index is 0. The first-order chi connectivity index (χ1) is 8.47. The van der Waals surface area contributed by atoms with Crippen LogP contribution in [0.4, 0.5) is 9.93 Å². The number of imide groups is 1. The number of carboxylic acids is 1. The first kappa shape index (κ1) is 15.5. The maximum absolute atomic E-state index is 11.8. The number of aromatic nitrogens is 1. The van der Waals surface area contributed by atoms with Gasteiger partial charge < -0.3 is 10.8 Å². The van der Waals surface area contributed by atoms with Gasteiger partial charge in [0, 0.05) is 5.38 Å². The van der Waals surface area contributed by atoms with Gasteiger partial charge in [-0.15, -0.1) is 23.7 Å². The third-order valence-corrected chi connectivity index (χ3v) is 3.59. The summed E-state index contributed by atoms with van der Waals surface area (Å²) in [4.78, 5) is 38.5. The molecule has 0 unspecified atom stereocenters. The summed E-state index contributed by atoms with van der Waals surface area (Å²) >= 11 is 1.90. The molecule has 2 heterocycles. The van der Waals surface area contributed by atoms with Crippen LogP contribution in [0.3, 0.4) is 0 Å². The summed E-state index contributed by atoms with van der Waals surface area (Å²) in [7, 11) is 0. The maximum Gasteiger partial charge on any atom is 0.323 e. The van der Waals surface area contributed by atoms with Gasteiger partial charge >= 0.3 is 5.97 Å². The average molecular weight is 322 g/mol. The number of nitrogens with two attached hydrogens (primary N) is 1. The Balaban J connectivity index is 0.00000180. The van der Waals surface area contributed by atoms with E-state index in [9.17, 15) is 14.4 Å². The van der Waals surface area contributed by atoms with Crippen molar-refractivity contribution in [2.75, 3.05) is 12.3 Å². The number of nitrogens with zero attached hydrogens (tertiary/aromatic N) is 2. The lowest BCUT2D eigenvalue weighted by Gasteiger charge is -2.07. The van der Waals surface area contributed by atoms with Gasteiger partial charge in [-0.25, -0.2) is 4.98 Å². The van der Waals surface area contributed by atoms with E-state index in [4.69, 9.17) is 10.8 Å². The minimum atomic E-state index is -1.24. The van der Waals surface area contributed by atoms with Crippen molar-refractivity contribution < 1.29 is 19.5 Å². The lowest BCUT2D eigenvalue weighted by molar-refractivity contribution is -0.140. The van der Waals surface area contributed by atoms with Crippen molar-refractivity contribution in [1.29, 1.82) is 0 Å². The quantitative estimate of drug-likeness (QED) is 0.806. The fraction of sp³-hybridized carbons (Fsp3) is 0.111. The molecule has 10 heteroatoms. The summed E-state index contributed by atoms with van der Waals surface area (Å²) in [6, 6.07) is 0. The molecule has 1 saturated heterocycles. The van der Waals surface area contributed by atoms with Crippen LogP contribution >= 0.6 is 35.5 Å². The molecule has 1 aromatic rings. The highest BCUT2D eigenvalue weighted by Gasteiger charge is 2.36. The van der Waals surface area contributed by atoms with Crippen LogP contribution in [0.2, 0.25) is 0 Å². The molecule has 0 spiro atoms. The number of halogens is 1. The van der Waals surface area contributed by atoms with E-state index in [0.717, 1.165) is 0 Å². The molecule has 102 valence electrons. The molecular weight excluding hydrogens is 314 g/mol. The number of amides is 2. The predicted octanol–water partition coefficient (Wildman–Crippen LogP) is 1.27. The van der Waals surface area contributed by atoms with Gasteiger partial charge in [-0.3, -0.25) is 19.3 Å². The van der Waals surface area contributed by atoms with Crippen LogP contribution in [-0.2, 0) is 9.59 Å². The molecule has 1 aliphatic heterocycles. The van der Waals surface area contributed by atoms with E-state index in [1.165, 1.54) is 17.4 Å². The lowest BCUT2D eigenvalue weighted by Crippen LogP contribution is -2.33. The molecule has 1 aliphatic rings. The van der Waals surface area contributed by atoms with Gasteiger partial charge in [-0.05, 0) is 17.8 Å². The number of hydrogen-bond acceptors (Lipinski definition) is 7. The van der Waals surface area contributed by atoms with Crippen LogP contribution in [-0.4, -0.2) is 38.7 Å². The van der Waals surface area contributed by atoms with Gasteiger partial charge in [-0.1, -0.05) is 0 Å². The van der Waals surface area contributed by atoms with Crippen molar-refractivity contribution >= 4 is 63.8 Å². The first-order valence-corrected chi connectivity index (χ1v) is 6.35. The van der Waals surface area contributed by atoms with Crippen LogP contribution in [0, 0.1) is 0 Å². The molecule has 0 aromatic carbocycles. The molecule has 0 saturated carbocycles. The normalized spacial score (nSPS) is 16.8. The SMILES string of the molecule is Cl.Nc1nc(/C=C2\SC(=O)N(CC(=O)O)C2=O)cs1. The van der Waals surface area contributed by atoms with E-state index in [2.05, 4.69) is 4.98 Å². The van der Waals surface area contributed by atoms with Gasteiger partial charge in [0.25, 0.3) is 11.1 Å². The van der Waals surface area contributed by atoms with Crippen molar-refractivity contribution in [3.63, 3.8) is 0 Å². The van der Waals surface area contributed by atoms with Gasteiger partial charge in [-0.2, -0.15) is 0 Å². The Morgan fingerprint density at radius 1 is 1.53 bits per heavy atom. The Kier molecular flexibility index (Phi) is 4.92. The Labute approximate surface area is 121 Å². The Bertz CT molecular complexity index is 572. The fourth-order valence-electron chi connectivity index (χ4n) is 1.27. The van der Waals surface area contributed by atoms with Gasteiger partial charge in [0.15, 0.2) is 5.13 Å². The van der Waals surface area contributed by atoms with E-state index in [0.29, 0.717) is 27.5 Å². The molecule has 1 aromatic heterocycles. The van der Waals surface area contributed by atoms with Crippen molar-refractivity contribution in [3.05, 3.63) is 16.0 Å². The number of hydrogen-bond donors (Lipinski definition) is 2. The second-order valence-electron chi connectivity index (χ2n) is 3.27. The zero-order chi connectivity index (χ0) is 13.3. The molecule has 0 aliphatic carbocycles. The van der Waals surface area contributed by atoms with Crippen LogP contribution < -0.4 is 5.73 Å². The molecule has 0 radical (unpaired) electrons. The second kappa shape index (κ2) is 6.04. The number of anilines is 1. The largest absolute Gasteiger partial charge is 0.480 e. The van der Waals surface area contributed by atoms with E-state index < -0.39 is 23.7 Å². The Morgan fingerprint density at radius 2 is 2.21 bits per heavy atom. The van der Waals surface area contributed by atoms with E-state index in [1.807, 2.05) is 0 Å². The zero-order valence-corrected chi connectivity index (χ0v) is 11.7. The van der Waals surface area contributed by atoms with Gasteiger partial charge in [0.2, 0.25) is 0 Å². The fourth-order valence-corrected chi connectivity index (χ4v) is 2.62. The highest BCUT2D eigenvalue weighted by Crippen LogP contribution is 2.32. The summed E-state index contributed by atoms with van der Waals surface area (Å²) in [5.41, 5.74) is 5.91. The number of thiazole rings is 1. The lowest BCUT2D eigenvalue weighted by atomic mass is 10.3. The van der Waals surface area contributed by atoms with Crippen molar-refractivity contribution in [3.8, 4) is 0 Å². The van der Waals surface area contributed by atoms with Crippen LogP contribution in [0.15, 0.2) is 10.3 Å². The number of rotatable bonds is 3. The molecule has 0 bridgehead atoms. The summed E-state index contributed by atoms with van der Waals surface area (Å²) in [5.74, 6) is -1.87. The van der Waals surface area contributed by atoms with Crippen LogP contribution in [0.25, 0.3) is 6.08 Å².